The van der Waals surface area contributed by atoms with Gasteiger partial charge in [-0.2, -0.15) is 4.98 Å². The third kappa shape index (κ3) is 1.99. The molecule has 1 aromatic rings. The number of halogens is 1. The number of aromatic nitrogens is 2. The zero-order chi connectivity index (χ0) is 13.4. The number of aliphatic hydroxyl groups is 1. The van der Waals surface area contributed by atoms with Gasteiger partial charge in [0.15, 0.2) is 12.4 Å². The van der Waals surface area contributed by atoms with Crippen LogP contribution in [0.25, 0.3) is 0 Å². The molecule has 4 unspecified atom stereocenters. The summed E-state index contributed by atoms with van der Waals surface area (Å²) in [5.41, 5.74) is 5.37. The Bertz CT molecular complexity index is 505. The van der Waals surface area contributed by atoms with E-state index in [0.717, 1.165) is 4.57 Å². The fourth-order valence-corrected chi connectivity index (χ4v) is 2.03. The number of anilines is 1. The topological polar surface area (TPSA) is 90.4 Å². The lowest BCUT2D eigenvalue weighted by Gasteiger charge is -2.16. The molecule has 0 aromatic carbocycles. The zero-order valence-corrected chi connectivity index (χ0v) is 10.2. The second-order valence-electron chi connectivity index (χ2n) is 4.41. The van der Waals surface area contributed by atoms with Crippen molar-refractivity contribution in [3.05, 3.63) is 22.2 Å². The fraction of sp³-hybridized carbons (Fsp3) is 0.636. The summed E-state index contributed by atoms with van der Waals surface area (Å²) in [6.07, 6.45) is -2.79. The van der Waals surface area contributed by atoms with Gasteiger partial charge in [0.2, 0.25) is 0 Å². The van der Waals surface area contributed by atoms with Gasteiger partial charge in [-0.3, -0.25) is 4.57 Å². The molecular formula is C11H16FN3O3. The van der Waals surface area contributed by atoms with Crippen molar-refractivity contribution in [2.75, 3.05) is 5.73 Å². The van der Waals surface area contributed by atoms with Gasteiger partial charge >= 0.3 is 5.69 Å². The van der Waals surface area contributed by atoms with Gasteiger partial charge in [-0.25, -0.2) is 9.18 Å². The Labute approximate surface area is 103 Å². The normalized spacial score (nSPS) is 31.8. The predicted molar refractivity (Wildman–Crippen MR) is 62.8 cm³/mol. The molecule has 1 saturated heterocycles. The van der Waals surface area contributed by atoms with Crippen LogP contribution < -0.4 is 11.4 Å². The molecule has 0 radical (unpaired) electrons. The first-order valence-corrected chi connectivity index (χ1v) is 5.78. The number of alkyl halides is 1. The van der Waals surface area contributed by atoms with Gasteiger partial charge in [-0.1, -0.05) is 6.92 Å². The van der Waals surface area contributed by atoms with E-state index in [1.807, 2.05) is 0 Å². The number of aryl methyl sites for hydroxylation is 1. The highest BCUT2D eigenvalue weighted by Crippen LogP contribution is 2.32. The van der Waals surface area contributed by atoms with Crippen molar-refractivity contribution in [3.63, 3.8) is 0 Å². The molecule has 6 nitrogen and oxygen atoms in total. The summed E-state index contributed by atoms with van der Waals surface area (Å²) < 4.78 is 20.3. The quantitative estimate of drug-likeness (QED) is 0.785. The highest BCUT2D eigenvalue weighted by Gasteiger charge is 2.44. The number of nitrogens with two attached hydrogens (primary N) is 1. The van der Waals surface area contributed by atoms with Crippen LogP contribution in [0.5, 0.6) is 0 Å². The van der Waals surface area contributed by atoms with Crippen molar-refractivity contribution in [1.29, 1.82) is 0 Å². The van der Waals surface area contributed by atoms with Gasteiger partial charge in [0.05, 0.1) is 6.10 Å². The first-order valence-electron chi connectivity index (χ1n) is 5.78. The van der Waals surface area contributed by atoms with Crippen LogP contribution in [0, 0.1) is 6.92 Å². The Kier molecular flexibility index (Phi) is 3.36. The molecule has 1 aliphatic rings. The van der Waals surface area contributed by atoms with Crippen LogP contribution in [0.3, 0.4) is 0 Å². The van der Waals surface area contributed by atoms with Crippen LogP contribution in [0.1, 0.15) is 25.1 Å². The van der Waals surface area contributed by atoms with Gasteiger partial charge in [0, 0.05) is 11.8 Å². The summed E-state index contributed by atoms with van der Waals surface area (Å²) >= 11 is 0. The molecule has 100 valence electrons. The second kappa shape index (κ2) is 4.66. The summed E-state index contributed by atoms with van der Waals surface area (Å²) in [6.45, 7) is 3.44. The van der Waals surface area contributed by atoms with Gasteiger partial charge in [0.25, 0.3) is 0 Å². The molecule has 4 atom stereocenters. The summed E-state index contributed by atoms with van der Waals surface area (Å²) in [5, 5.41) is 9.64. The van der Waals surface area contributed by atoms with E-state index in [-0.39, 0.29) is 5.82 Å². The largest absolute Gasteiger partial charge is 0.387 e. The molecule has 0 saturated carbocycles. The van der Waals surface area contributed by atoms with Gasteiger partial charge in [-0.05, 0) is 13.3 Å². The van der Waals surface area contributed by atoms with Crippen molar-refractivity contribution >= 4 is 5.82 Å². The lowest BCUT2D eigenvalue weighted by molar-refractivity contribution is -0.0280. The van der Waals surface area contributed by atoms with Gasteiger partial charge < -0.3 is 15.6 Å². The fourth-order valence-electron chi connectivity index (χ4n) is 2.03. The molecule has 2 heterocycles. The van der Waals surface area contributed by atoms with Crippen LogP contribution in [0.4, 0.5) is 10.2 Å². The number of hydrogen-bond acceptors (Lipinski definition) is 5. The summed E-state index contributed by atoms with van der Waals surface area (Å²) in [7, 11) is 0. The Hall–Kier alpha value is -1.47. The molecule has 2 rings (SSSR count). The number of hydrogen-bond donors (Lipinski definition) is 2. The van der Waals surface area contributed by atoms with E-state index in [2.05, 4.69) is 4.98 Å². The van der Waals surface area contributed by atoms with E-state index in [4.69, 9.17) is 10.5 Å². The first-order chi connectivity index (χ1) is 8.45. The summed E-state index contributed by atoms with van der Waals surface area (Å²) in [4.78, 5) is 15.3. The molecule has 0 aliphatic carbocycles. The van der Waals surface area contributed by atoms with Crippen molar-refractivity contribution in [2.24, 2.45) is 0 Å². The average Bonchev–Trinajstić information content (AvgIpc) is 2.61. The number of ether oxygens (including phenoxy) is 1. The standard InChI is InChI=1S/C11H16FN3O3/c1-3-6-8(16)7(12)10(18-6)15-4-5(2)9(13)14-11(15)17/h4,6-8,10,16H,3H2,1-2H3,(H2,13,14,17)/i12-1. The summed E-state index contributed by atoms with van der Waals surface area (Å²) in [5.74, 6) is 0.109. The van der Waals surface area contributed by atoms with E-state index in [1.54, 1.807) is 13.8 Å². The van der Waals surface area contributed by atoms with E-state index in [9.17, 15) is 14.3 Å². The molecule has 0 amide bonds. The Balaban J connectivity index is 2.39. The molecular weight excluding hydrogens is 240 g/mol. The van der Waals surface area contributed by atoms with Crippen LogP contribution in [-0.2, 0) is 4.74 Å². The van der Waals surface area contributed by atoms with Gasteiger partial charge in [0.1, 0.15) is 11.9 Å². The van der Waals surface area contributed by atoms with Crippen LogP contribution in [-0.4, -0.2) is 33.0 Å². The van der Waals surface area contributed by atoms with Crippen LogP contribution >= 0.6 is 0 Å². The predicted octanol–water partition coefficient (Wildman–Crippen LogP) is 0.140. The molecule has 7 heteroatoms. The van der Waals surface area contributed by atoms with E-state index < -0.39 is 30.3 Å². The maximum Gasteiger partial charge on any atom is 0.351 e. The number of nitrogen functional groups attached to an aromatic ring is 1. The number of aliphatic hydroxyl groups excluding tert-OH is 1. The van der Waals surface area contributed by atoms with Crippen LogP contribution in [0.15, 0.2) is 11.0 Å². The van der Waals surface area contributed by atoms with Crippen molar-refractivity contribution in [3.8, 4) is 0 Å². The third-order valence-electron chi connectivity index (χ3n) is 3.14. The van der Waals surface area contributed by atoms with E-state index in [0.29, 0.717) is 12.0 Å². The van der Waals surface area contributed by atoms with Gasteiger partial charge in [-0.15, -0.1) is 0 Å². The molecule has 1 fully saturated rings. The highest BCUT2D eigenvalue weighted by molar-refractivity contribution is 5.35. The molecule has 1 aromatic heterocycles. The van der Waals surface area contributed by atoms with Crippen molar-refractivity contribution < 1.29 is 14.2 Å². The number of rotatable bonds is 2. The third-order valence-corrected chi connectivity index (χ3v) is 3.14. The zero-order valence-electron chi connectivity index (χ0n) is 10.2. The monoisotopic (exact) mass is 256 g/mol. The molecule has 18 heavy (non-hydrogen) atoms. The Morgan fingerprint density at radius 2 is 2.33 bits per heavy atom. The average molecular weight is 256 g/mol. The lowest BCUT2D eigenvalue weighted by Crippen LogP contribution is -2.33. The maximum atomic E-state index is 13.9. The first kappa shape index (κ1) is 13.0. The molecule has 0 spiro atoms. The van der Waals surface area contributed by atoms with Crippen molar-refractivity contribution in [1.82, 2.24) is 9.55 Å². The van der Waals surface area contributed by atoms with E-state index >= 15 is 0 Å². The lowest BCUT2D eigenvalue weighted by atomic mass is 10.1. The Morgan fingerprint density at radius 3 is 2.89 bits per heavy atom. The Morgan fingerprint density at radius 1 is 1.67 bits per heavy atom. The maximum absolute atomic E-state index is 13.9. The second-order valence-corrected chi connectivity index (χ2v) is 4.41. The van der Waals surface area contributed by atoms with E-state index in [1.165, 1.54) is 6.20 Å². The number of nitrogens with zero attached hydrogens (tertiary/aromatic N) is 2. The smallest absolute Gasteiger partial charge is 0.351 e. The van der Waals surface area contributed by atoms with Crippen LogP contribution in [0.2, 0.25) is 0 Å². The molecule has 3 N–H and O–H groups in total. The van der Waals surface area contributed by atoms with Crippen molar-refractivity contribution in [2.45, 2.75) is 44.9 Å². The minimum absolute atomic E-state index is 0.109. The molecule has 1 aliphatic heterocycles. The minimum atomic E-state index is -1.66. The summed E-state index contributed by atoms with van der Waals surface area (Å²) in [6, 6.07) is 0. The molecule has 0 bridgehead atoms. The highest BCUT2D eigenvalue weighted by atomic mass is 18.2. The SMILES string of the molecule is CCC1OC(n2cc(C)c(N)nc2=O)C([18F])C1O. The minimum Gasteiger partial charge on any atom is -0.387 e.